The molecule has 1 aliphatic carbocycles. The molecule has 0 radical (unpaired) electrons. The van der Waals surface area contributed by atoms with Crippen LogP contribution in [-0.4, -0.2) is 10.6 Å². The molecule has 0 saturated heterocycles. The molecule has 2 nitrogen and oxygen atoms in total. The van der Waals surface area contributed by atoms with Crippen molar-refractivity contribution in [1.29, 1.82) is 0 Å². The summed E-state index contributed by atoms with van der Waals surface area (Å²) < 4.78 is 2.30. The molecule has 1 N–H and O–H groups in total. The maximum absolute atomic E-state index is 3.80. The molecule has 0 bridgehead atoms. The molecule has 1 atom stereocenters. The summed E-state index contributed by atoms with van der Waals surface area (Å²) in [5.41, 5.74) is 1.43. The molecule has 1 aromatic rings. The Balaban J connectivity index is 1.80. The van der Waals surface area contributed by atoms with Crippen molar-refractivity contribution in [2.75, 3.05) is 0 Å². The fourth-order valence-corrected chi connectivity index (χ4v) is 3.42. The van der Waals surface area contributed by atoms with Crippen LogP contribution in [0.2, 0.25) is 0 Å². The molecule has 0 amide bonds. The number of nitrogens with zero attached hydrogens (tertiary/aromatic N) is 1. The Kier molecular flexibility index (Phi) is 5.96. The Morgan fingerprint density at radius 2 is 2.05 bits per heavy atom. The van der Waals surface area contributed by atoms with E-state index in [-0.39, 0.29) is 0 Å². The molecular weight excluding hydrogens is 232 g/mol. The lowest BCUT2D eigenvalue weighted by atomic mass is 9.83. The number of aromatic nitrogens is 1. The third-order valence-corrected chi connectivity index (χ3v) is 4.52. The summed E-state index contributed by atoms with van der Waals surface area (Å²) in [6.07, 6.45) is 14.2. The highest BCUT2D eigenvalue weighted by Gasteiger charge is 2.21. The van der Waals surface area contributed by atoms with Gasteiger partial charge in [0.15, 0.2) is 0 Å². The fraction of sp³-hybridized carbons (Fsp3) is 0.765. The van der Waals surface area contributed by atoms with E-state index >= 15 is 0 Å². The topological polar surface area (TPSA) is 17.0 Å². The quantitative estimate of drug-likeness (QED) is 0.773. The molecule has 1 fully saturated rings. The maximum atomic E-state index is 3.80. The van der Waals surface area contributed by atoms with E-state index in [9.17, 15) is 0 Å². The summed E-state index contributed by atoms with van der Waals surface area (Å²) >= 11 is 0. The van der Waals surface area contributed by atoms with Gasteiger partial charge in [-0.05, 0) is 43.2 Å². The SMILES string of the molecule is CCCn1ccc(CNC(CC)C2CCCCC2)c1. The van der Waals surface area contributed by atoms with Crippen molar-refractivity contribution in [3.05, 3.63) is 24.0 Å². The number of hydrogen-bond acceptors (Lipinski definition) is 1. The van der Waals surface area contributed by atoms with Gasteiger partial charge in [0.25, 0.3) is 0 Å². The van der Waals surface area contributed by atoms with E-state index in [0.717, 1.165) is 25.0 Å². The van der Waals surface area contributed by atoms with Gasteiger partial charge in [-0.1, -0.05) is 33.1 Å². The van der Waals surface area contributed by atoms with Crippen LogP contribution in [0.1, 0.15) is 64.4 Å². The molecule has 2 rings (SSSR count). The van der Waals surface area contributed by atoms with Crippen molar-refractivity contribution in [2.45, 2.75) is 77.9 Å². The van der Waals surface area contributed by atoms with Crippen molar-refractivity contribution in [3.8, 4) is 0 Å². The van der Waals surface area contributed by atoms with E-state index in [2.05, 4.69) is 42.2 Å². The summed E-state index contributed by atoms with van der Waals surface area (Å²) in [4.78, 5) is 0. The zero-order valence-corrected chi connectivity index (χ0v) is 12.7. The predicted octanol–water partition coefficient (Wildman–Crippen LogP) is 4.35. The van der Waals surface area contributed by atoms with Crippen LogP contribution in [-0.2, 0) is 13.1 Å². The molecule has 1 saturated carbocycles. The minimum Gasteiger partial charge on any atom is -0.354 e. The lowest BCUT2D eigenvalue weighted by molar-refractivity contribution is 0.261. The van der Waals surface area contributed by atoms with Gasteiger partial charge in [0, 0.05) is 31.5 Å². The highest BCUT2D eigenvalue weighted by atomic mass is 15.0. The molecule has 1 heterocycles. The summed E-state index contributed by atoms with van der Waals surface area (Å²) in [6, 6.07) is 2.98. The van der Waals surface area contributed by atoms with Crippen LogP contribution >= 0.6 is 0 Å². The van der Waals surface area contributed by atoms with Gasteiger partial charge in [-0.3, -0.25) is 0 Å². The van der Waals surface area contributed by atoms with Crippen LogP contribution in [0.25, 0.3) is 0 Å². The van der Waals surface area contributed by atoms with Gasteiger partial charge >= 0.3 is 0 Å². The maximum Gasteiger partial charge on any atom is 0.0223 e. The van der Waals surface area contributed by atoms with Gasteiger partial charge in [-0.2, -0.15) is 0 Å². The van der Waals surface area contributed by atoms with Gasteiger partial charge in [0.1, 0.15) is 0 Å². The lowest BCUT2D eigenvalue weighted by Crippen LogP contribution is -2.36. The van der Waals surface area contributed by atoms with E-state index in [4.69, 9.17) is 0 Å². The molecule has 19 heavy (non-hydrogen) atoms. The Hall–Kier alpha value is -0.760. The summed E-state index contributed by atoms with van der Waals surface area (Å²) in [7, 11) is 0. The fourth-order valence-electron chi connectivity index (χ4n) is 3.42. The average Bonchev–Trinajstić information content (AvgIpc) is 2.89. The van der Waals surface area contributed by atoms with E-state index in [1.54, 1.807) is 0 Å². The number of hydrogen-bond donors (Lipinski definition) is 1. The van der Waals surface area contributed by atoms with Crippen LogP contribution in [0.4, 0.5) is 0 Å². The molecule has 108 valence electrons. The van der Waals surface area contributed by atoms with Gasteiger partial charge < -0.3 is 9.88 Å². The number of aryl methyl sites for hydroxylation is 1. The average molecular weight is 262 g/mol. The van der Waals surface area contributed by atoms with Crippen molar-refractivity contribution < 1.29 is 0 Å². The van der Waals surface area contributed by atoms with Gasteiger partial charge in [-0.15, -0.1) is 0 Å². The van der Waals surface area contributed by atoms with E-state index in [1.807, 2.05) is 0 Å². The second-order valence-electron chi connectivity index (χ2n) is 6.05. The third-order valence-electron chi connectivity index (χ3n) is 4.52. The Labute approximate surface area is 118 Å². The number of nitrogens with one attached hydrogen (secondary N) is 1. The van der Waals surface area contributed by atoms with E-state index in [1.165, 1.54) is 50.5 Å². The van der Waals surface area contributed by atoms with Crippen molar-refractivity contribution in [2.24, 2.45) is 5.92 Å². The molecular formula is C17H30N2. The second-order valence-corrected chi connectivity index (χ2v) is 6.05. The zero-order chi connectivity index (χ0) is 13.5. The number of rotatable bonds is 7. The van der Waals surface area contributed by atoms with Crippen LogP contribution < -0.4 is 5.32 Å². The standard InChI is InChI=1S/C17H30N2/c1-3-11-19-12-10-15(14-19)13-18-17(4-2)16-8-6-5-7-9-16/h10,12,14,16-18H,3-9,11,13H2,1-2H3. The third kappa shape index (κ3) is 4.38. The van der Waals surface area contributed by atoms with E-state index < -0.39 is 0 Å². The zero-order valence-electron chi connectivity index (χ0n) is 12.7. The highest BCUT2D eigenvalue weighted by molar-refractivity contribution is 5.10. The minimum atomic E-state index is 0.717. The van der Waals surface area contributed by atoms with Crippen LogP contribution in [0.15, 0.2) is 18.5 Å². The van der Waals surface area contributed by atoms with Crippen molar-refractivity contribution >= 4 is 0 Å². The molecule has 1 unspecified atom stereocenters. The summed E-state index contributed by atoms with van der Waals surface area (Å²) in [5, 5.41) is 3.80. The van der Waals surface area contributed by atoms with Crippen LogP contribution in [0, 0.1) is 5.92 Å². The van der Waals surface area contributed by atoms with Crippen molar-refractivity contribution in [3.63, 3.8) is 0 Å². The highest BCUT2D eigenvalue weighted by Crippen LogP contribution is 2.27. The Morgan fingerprint density at radius 1 is 1.26 bits per heavy atom. The minimum absolute atomic E-state index is 0.717. The first kappa shape index (κ1) is 14.6. The first-order valence-electron chi connectivity index (χ1n) is 8.21. The molecule has 0 aliphatic heterocycles. The Morgan fingerprint density at radius 3 is 2.74 bits per heavy atom. The Bertz CT molecular complexity index is 350. The van der Waals surface area contributed by atoms with Crippen LogP contribution in [0.3, 0.4) is 0 Å². The monoisotopic (exact) mass is 262 g/mol. The molecule has 1 aromatic heterocycles. The first-order valence-corrected chi connectivity index (χ1v) is 8.21. The molecule has 1 aliphatic rings. The second kappa shape index (κ2) is 7.74. The smallest absolute Gasteiger partial charge is 0.0223 e. The lowest BCUT2D eigenvalue weighted by Gasteiger charge is -2.30. The largest absolute Gasteiger partial charge is 0.354 e. The van der Waals surface area contributed by atoms with Crippen molar-refractivity contribution in [1.82, 2.24) is 9.88 Å². The van der Waals surface area contributed by atoms with Gasteiger partial charge in [0.2, 0.25) is 0 Å². The normalized spacial score (nSPS) is 18.6. The summed E-state index contributed by atoms with van der Waals surface area (Å²) in [6.45, 7) is 6.73. The van der Waals surface area contributed by atoms with Gasteiger partial charge in [0.05, 0.1) is 0 Å². The summed E-state index contributed by atoms with van der Waals surface area (Å²) in [5.74, 6) is 0.913. The van der Waals surface area contributed by atoms with Gasteiger partial charge in [-0.25, -0.2) is 0 Å². The first-order chi connectivity index (χ1) is 9.33. The molecule has 2 heteroatoms. The molecule has 0 aromatic carbocycles. The predicted molar refractivity (Wildman–Crippen MR) is 82.2 cm³/mol. The van der Waals surface area contributed by atoms with Crippen LogP contribution in [0.5, 0.6) is 0 Å². The molecule has 0 spiro atoms. The van der Waals surface area contributed by atoms with E-state index in [0.29, 0.717) is 0 Å².